The first-order valence-corrected chi connectivity index (χ1v) is 13.2. The van der Waals surface area contributed by atoms with Crippen molar-refractivity contribution in [2.45, 2.75) is 43.7 Å². The van der Waals surface area contributed by atoms with E-state index < -0.39 is 17.9 Å². The topological polar surface area (TPSA) is 146 Å². The molecule has 2 aliphatic carbocycles. The zero-order valence-corrected chi connectivity index (χ0v) is 20.2. The molecule has 1 amide bonds. The molecule has 0 saturated heterocycles. The van der Waals surface area contributed by atoms with Crippen molar-refractivity contribution < 1.29 is 14.7 Å². The molecule has 2 fully saturated rings. The number of amides is 1. The van der Waals surface area contributed by atoms with Crippen LogP contribution < -0.4 is 16.4 Å². The lowest BCUT2D eigenvalue weighted by Crippen LogP contribution is -2.35. The van der Waals surface area contributed by atoms with Gasteiger partial charge in [-0.15, -0.1) is 0 Å². The fraction of sp³-hybridized carbons (Fsp3) is 0.385. The molecule has 7 rings (SSSR count). The number of thiazole rings is 1. The standard InChI is InChI=1S/C26H26N6O3S/c27-15(25(34)35)9-20(33)31-26-30-17-4-3-13(8-19(17)36-26)24-22-12-2-1-11(7-12)21(22)23-14-10-28-32-16(14)5-6-18(23)29-24/h3-6,8,10-12,15,21-22,24,29H,1-2,7,9,27H2,(H,28,32)(H,34,35)(H,30,31,33)/t11?,12?,15?,21-,22+,24-/m0/s1. The number of carboxylic acid groups (broad SMARTS) is 1. The number of carboxylic acids is 1. The van der Waals surface area contributed by atoms with Gasteiger partial charge >= 0.3 is 5.97 Å². The Morgan fingerprint density at radius 1 is 1.22 bits per heavy atom. The van der Waals surface area contributed by atoms with Crippen LogP contribution in [0.1, 0.15) is 48.8 Å². The van der Waals surface area contributed by atoms with E-state index in [0.717, 1.165) is 21.7 Å². The number of anilines is 2. The van der Waals surface area contributed by atoms with Gasteiger partial charge in [-0.25, -0.2) is 4.98 Å². The summed E-state index contributed by atoms with van der Waals surface area (Å²) in [7, 11) is 0. The van der Waals surface area contributed by atoms with Gasteiger partial charge in [0.2, 0.25) is 5.91 Å². The van der Waals surface area contributed by atoms with Gasteiger partial charge in [0.15, 0.2) is 5.13 Å². The summed E-state index contributed by atoms with van der Waals surface area (Å²) in [6, 6.07) is 9.62. The number of aromatic amines is 1. The first kappa shape index (κ1) is 21.8. The second kappa shape index (κ2) is 8.01. The van der Waals surface area contributed by atoms with E-state index in [1.165, 1.54) is 52.8 Å². The number of aromatic nitrogens is 3. The summed E-state index contributed by atoms with van der Waals surface area (Å²) >= 11 is 1.40. The highest BCUT2D eigenvalue weighted by Crippen LogP contribution is 2.64. The van der Waals surface area contributed by atoms with Gasteiger partial charge in [-0.1, -0.05) is 17.4 Å². The number of carbonyl (C=O) groups excluding carboxylic acids is 1. The van der Waals surface area contributed by atoms with Crippen molar-refractivity contribution in [2.75, 3.05) is 10.6 Å². The van der Waals surface area contributed by atoms with Crippen LogP contribution in [0.15, 0.2) is 36.5 Å². The Kier molecular flexibility index (Phi) is 4.84. The summed E-state index contributed by atoms with van der Waals surface area (Å²) < 4.78 is 0.989. The maximum atomic E-state index is 12.2. The van der Waals surface area contributed by atoms with E-state index in [2.05, 4.69) is 50.1 Å². The predicted molar refractivity (Wildman–Crippen MR) is 138 cm³/mol. The van der Waals surface area contributed by atoms with E-state index in [1.54, 1.807) is 0 Å². The number of nitrogens with zero attached hydrogens (tertiary/aromatic N) is 2. The number of carbonyl (C=O) groups is 2. The molecule has 184 valence electrons. The first-order chi connectivity index (χ1) is 17.5. The summed E-state index contributed by atoms with van der Waals surface area (Å²) in [5.74, 6) is 0.821. The van der Waals surface area contributed by atoms with Gasteiger partial charge in [0.1, 0.15) is 6.04 Å². The Labute approximate surface area is 210 Å². The van der Waals surface area contributed by atoms with Crippen LogP contribution in [-0.4, -0.2) is 38.2 Å². The maximum Gasteiger partial charge on any atom is 0.321 e. The molecule has 6 atom stereocenters. The highest BCUT2D eigenvalue weighted by atomic mass is 32.1. The number of hydrogen-bond acceptors (Lipinski definition) is 7. The Morgan fingerprint density at radius 2 is 2.08 bits per heavy atom. The summed E-state index contributed by atoms with van der Waals surface area (Å²) in [6.45, 7) is 0. The molecule has 3 heterocycles. The number of benzene rings is 2. The molecule has 3 unspecified atom stereocenters. The predicted octanol–water partition coefficient (Wildman–Crippen LogP) is 4.21. The molecule has 6 N–H and O–H groups in total. The molecular formula is C26H26N6O3S. The molecule has 2 aromatic carbocycles. The molecule has 9 nitrogen and oxygen atoms in total. The quantitative estimate of drug-likeness (QED) is 0.275. The smallest absolute Gasteiger partial charge is 0.321 e. The largest absolute Gasteiger partial charge is 0.480 e. The van der Waals surface area contributed by atoms with Gasteiger partial charge in [0.05, 0.1) is 34.4 Å². The third-order valence-electron chi connectivity index (χ3n) is 8.42. The van der Waals surface area contributed by atoms with Crippen LogP contribution in [0.25, 0.3) is 21.1 Å². The Balaban J connectivity index is 1.22. The monoisotopic (exact) mass is 502 g/mol. The first-order valence-electron chi connectivity index (χ1n) is 12.4. The molecule has 2 aromatic heterocycles. The molecule has 36 heavy (non-hydrogen) atoms. The zero-order chi connectivity index (χ0) is 24.6. The molecule has 0 radical (unpaired) electrons. The van der Waals surface area contributed by atoms with E-state index in [1.807, 2.05) is 12.3 Å². The molecule has 2 bridgehead atoms. The number of H-pyrrole nitrogens is 1. The molecule has 4 aromatic rings. The van der Waals surface area contributed by atoms with Crippen molar-refractivity contribution in [3.05, 3.63) is 47.7 Å². The minimum atomic E-state index is -1.23. The number of rotatable bonds is 5. The van der Waals surface area contributed by atoms with Crippen LogP contribution in [0.4, 0.5) is 10.8 Å². The van der Waals surface area contributed by atoms with E-state index >= 15 is 0 Å². The Bertz CT molecular complexity index is 1530. The summed E-state index contributed by atoms with van der Waals surface area (Å²) in [6.07, 6.45) is 5.56. The van der Waals surface area contributed by atoms with Gasteiger partial charge in [-0.2, -0.15) is 5.10 Å². The van der Waals surface area contributed by atoms with Crippen molar-refractivity contribution in [1.82, 2.24) is 15.2 Å². The normalized spacial score (nSPS) is 27.0. The summed E-state index contributed by atoms with van der Waals surface area (Å²) in [4.78, 5) is 27.7. The number of aliphatic carboxylic acids is 1. The maximum absolute atomic E-state index is 12.2. The molecule has 3 aliphatic rings. The van der Waals surface area contributed by atoms with Crippen molar-refractivity contribution in [2.24, 2.45) is 23.5 Å². The second-order valence-corrected chi connectivity index (χ2v) is 11.4. The van der Waals surface area contributed by atoms with Crippen molar-refractivity contribution >= 4 is 55.2 Å². The Morgan fingerprint density at radius 3 is 2.94 bits per heavy atom. The van der Waals surface area contributed by atoms with Gasteiger partial charge in [0, 0.05) is 11.1 Å². The van der Waals surface area contributed by atoms with E-state index in [9.17, 15) is 9.59 Å². The number of nitrogens with two attached hydrogens (primary N) is 1. The SMILES string of the molecule is NC(CC(=O)Nc1nc2ccc([C@@H]3Nc4ccc5[nH]ncc5c4[C@H]4C5CCC(C5)[C@@H]34)cc2s1)C(=O)O. The van der Waals surface area contributed by atoms with Crippen LogP contribution in [-0.2, 0) is 9.59 Å². The lowest BCUT2D eigenvalue weighted by molar-refractivity contribution is -0.140. The summed E-state index contributed by atoms with van der Waals surface area (Å²) in [5.41, 5.74) is 11.3. The highest BCUT2D eigenvalue weighted by Gasteiger charge is 2.54. The molecule has 1 aliphatic heterocycles. The summed E-state index contributed by atoms with van der Waals surface area (Å²) in [5, 5.41) is 24.7. The number of hydrogen-bond donors (Lipinski definition) is 5. The molecule has 2 saturated carbocycles. The number of fused-ring (bicyclic) bond motifs is 10. The third kappa shape index (κ3) is 3.31. The van der Waals surface area contributed by atoms with Crippen LogP contribution in [0.2, 0.25) is 0 Å². The minimum absolute atomic E-state index is 0.209. The van der Waals surface area contributed by atoms with Crippen molar-refractivity contribution in [3.63, 3.8) is 0 Å². The van der Waals surface area contributed by atoms with Gasteiger partial charge in [-0.3, -0.25) is 14.7 Å². The molecule has 10 heteroatoms. The number of nitrogens with one attached hydrogen (secondary N) is 3. The van der Waals surface area contributed by atoms with Crippen molar-refractivity contribution in [1.29, 1.82) is 0 Å². The highest BCUT2D eigenvalue weighted by molar-refractivity contribution is 7.22. The van der Waals surface area contributed by atoms with Gasteiger partial charge < -0.3 is 21.5 Å². The van der Waals surface area contributed by atoms with Gasteiger partial charge in [-0.05, 0) is 78.3 Å². The van der Waals surface area contributed by atoms with Crippen molar-refractivity contribution in [3.8, 4) is 0 Å². The average Bonchev–Trinajstić information content (AvgIpc) is 3.65. The lowest BCUT2D eigenvalue weighted by atomic mass is 9.67. The van der Waals surface area contributed by atoms with E-state index in [-0.39, 0.29) is 12.5 Å². The van der Waals surface area contributed by atoms with Crippen LogP contribution >= 0.6 is 11.3 Å². The minimum Gasteiger partial charge on any atom is -0.480 e. The lowest BCUT2D eigenvalue weighted by Gasteiger charge is -2.43. The fourth-order valence-electron chi connectivity index (χ4n) is 6.98. The van der Waals surface area contributed by atoms with E-state index in [0.29, 0.717) is 22.9 Å². The average molecular weight is 503 g/mol. The van der Waals surface area contributed by atoms with Crippen LogP contribution in [0.3, 0.4) is 0 Å². The molecule has 0 spiro atoms. The molecular weight excluding hydrogens is 476 g/mol. The Hall–Kier alpha value is -3.50. The van der Waals surface area contributed by atoms with E-state index in [4.69, 9.17) is 10.8 Å². The fourth-order valence-corrected chi connectivity index (χ4v) is 7.91. The van der Waals surface area contributed by atoms with Crippen LogP contribution in [0, 0.1) is 17.8 Å². The second-order valence-electron chi connectivity index (χ2n) is 10.4. The van der Waals surface area contributed by atoms with Gasteiger partial charge in [0.25, 0.3) is 0 Å². The zero-order valence-electron chi connectivity index (χ0n) is 19.4. The van der Waals surface area contributed by atoms with Crippen LogP contribution in [0.5, 0.6) is 0 Å². The third-order valence-corrected chi connectivity index (χ3v) is 9.35.